The zero-order chi connectivity index (χ0) is 13.3. The normalized spacial score (nSPS) is 11.3. The molecule has 0 radical (unpaired) electrons. The smallest absolute Gasteiger partial charge is 0.117 e. The second-order valence-corrected chi connectivity index (χ2v) is 5.36. The van der Waals surface area contributed by atoms with Crippen LogP contribution in [0, 0.1) is 0 Å². The average Bonchev–Trinajstić information content (AvgIpc) is 3.10. The summed E-state index contributed by atoms with van der Waals surface area (Å²) in [6, 6.07) is 6.18. The zero-order valence-electron chi connectivity index (χ0n) is 11.5. The number of hydrogen-bond acceptors (Lipinski definition) is 4. The lowest BCUT2D eigenvalue weighted by Gasteiger charge is -2.19. The van der Waals surface area contributed by atoms with Gasteiger partial charge < -0.3 is 9.73 Å². The van der Waals surface area contributed by atoms with E-state index in [2.05, 4.69) is 34.0 Å². The summed E-state index contributed by atoms with van der Waals surface area (Å²) in [5.41, 5.74) is 1.43. The molecular weight excluding hydrogens is 256 g/mol. The molecule has 2 aromatic heterocycles. The predicted octanol–water partition coefficient (Wildman–Crippen LogP) is 3.00. The highest BCUT2D eigenvalue weighted by molar-refractivity contribution is 7.07. The first kappa shape index (κ1) is 14.3. The molecule has 2 rings (SSSR count). The third-order valence-electron chi connectivity index (χ3n) is 3.18. The second kappa shape index (κ2) is 8.15. The van der Waals surface area contributed by atoms with Crippen LogP contribution >= 0.6 is 11.3 Å². The van der Waals surface area contributed by atoms with Crippen LogP contribution in [-0.2, 0) is 13.0 Å². The first-order valence-electron chi connectivity index (χ1n) is 6.85. The maximum Gasteiger partial charge on any atom is 0.117 e. The topological polar surface area (TPSA) is 28.4 Å². The third-order valence-corrected chi connectivity index (χ3v) is 3.91. The van der Waals surface area contributed by atoms with E-state index >= 15 is 0 Å². The first-order chi connectivity index (χ1) is 9.38. The van der Waals surface area contributed by atoms with Crippen molar-refractivity contribution in [2.75, 3.05) is 26.2 Å². The van der Waals surface area contributed by atoms with Crippen molar-refractivity contribution in [3.63, 3.8) is 0 Å². The minimum atomic E-state index is 0.899. The Morgan fingerprint density at radius 2 is 2.26 bits per heavy atom. The van der Waals surface area contributed by atoms with Gasteiger partial charge in [0.1, 0.15) is 5.76 Å². The van der Waals surface area contributed by atoms with E-state index in [-0.39, 0.29) is 0 Å². The van der Waals surface area contributed by atoms with E-state index in [0.717, 1.165) is 44.9 Å². The summed E-state index contributed by atoms with van der Waals surface area (Å²) in [6.07, 6.45) is 2.86. The number of nitrogens with one attached hydrogen (secondary N) is 1. The molecule has 0 aliphatic heterocycles. The molecule has 0 aromatic carbocycles. The molecule has 19 heavy (non-hydrogen) atoms. The third kappa shape index (κ3) is 5.19. The minimum absolute atomic E-state index is 0.899. The van der Waals surface area contributed by atoms with E-state index < -0.39 is 0 Å². The molecule has 0 unspecified atom stereocenters. The molecule has 2 heterocycles. The second-order valence-electron chi connectivity index (χ2n) is 4.58. The number of likely N-dealkylation sites (N-methyl/N-ethyl adjacent to an activating group) is 1. The molecular formula is C15H22N2OS. The van der Waals surface area contributed by atoms with Gasteiger partial charge in [-0.15, -0.1) is 0 Å². The van der Waals surface area contributed by atoms with Gasteiger partial charge in [-0.05, 0) is 54.0 Å². The highest BCUT2D eigenvalue weighted by Crippen LogP contribution is 2.06. The van der Waals surface area contributed by atoms with E-state index in [1.807, 2.05) is 12.1 Å². The predicted molar refractivity (Wildman–Crippen MR) is 80.6 cm³/mol. The quantitative estimate of drug-likeness (QED) is 0.715. The van der Waals surface area contributed by atoms with Crippen molar-refractivity contribution < 1.29 is 4.42 Å². The molecule has 3 nitrogen and oxygen atoms in total. The Labute approximate surface area is 119 Å². The van der Waals surface area contributed by atoms with E-state index in [9.17, 15) is 0 Å². The monoisotopic (exact) mass is 278 g/mol. The van der Waals surface area contributed by atoms with Crippen molar-refractivity contribution in [1.82, 2.24) is 10.2 Å². The Bertz CT molecular complexity index is 425. The molecule has 0 aliphatic rings. The summed E-state index contributed by atoms with van der Waals surface area (Å²) in [7, 11) is 0. The van der Waals surface area contributed by atoms with Crippen LogP contribution < -0.4 is 5.32 Å². The molecule has 1 N–H and O–H groups in total. The van der Waals surface area contributed by atoms with Gasteiger partial charge in [-0.25, -0.2) is 0 Å². The van der Waals surface area contributed by atoms with Gasteiger partial charge in [0.15, 0.2) is 0 Å². The Hall–Kier alpha value is -1.10. The Morgan fingerprint density at radius 1 is 1.32 bits per heavy atom. The molecule has 0 saturated heterocycles. The van der Waals surface area contributed by atoms with Gasteiger partial charge in [0.25, 0.3) is 0 Å². The molecule has 104 valence electrons. The molecule has 0 amide bonds. The molecule has 0 spiro atoms. The number of nitrogens with zero attached hydrogens (tertiary/aromatic N) is 1. The van der Waals surface area contributed by atoms with Crippen molar-refractivity contribution in [2.24, 2.45) is 0 Å². The van der Waals surface area contributed by atoms with Crippen LogP contribution in [0.15, 0.2) is 39.6 Å². The summed E-state index contributed by atoms with van der Waals surface area (Å²) in [4.78, 5) is 2.39. The number of furan rings is 1. The lowest BCUT2D eigenvalue weighted by molar-refractivity contribution is 0.256. The highest BCUT2D eigenvalue weighted by Gasteiger charge is 2.04. The maximum absolute atomic E-state index is 5.38. The molecule has 0 atom stereocenters. The van der Waals surface area contributed by atoms with Crippen molar-refractivity contribution >= 4 is 11.3 Å². The fourth-order valence-corrected chi connectivity index (χ4v) is 2.70. The summed E-state index contributed by atoms with van der Waals surface area (Å²) < 4.78 is 5.38. The van der Waals surface area contributed by atoms with Gasteiger partial charge in [0, 0.05) is 13.1 Å². The van der Waals surface area contributed by atoms with E-state index in [1.165, 1.54) is 5.56 Å². The van der Waals surface area contributed by atoms with Gasteiger partial charge in [-0.3, -0.25) is 4.90 Å². The number of rotatable bonds is 9. The summed E-state index contributed by atoms with van der Waals surface area (Å²) in [6.45, 7) is 7.27. The Morgan fingerprint density at radius 3 is 2.95 bits per heavy atom. The fourth-order valence-electron chi connectivity index (χ4n) is 2.00. The van der Waals surface area contributed by atoms with Crippen molar-refractivity contribution in [1.29, 1.82) is 0 Å². The Kier molecular flexibility index (Phi) is 6.14. The van der Waals surface area contributed by atoms with Crippen LogP contribution in [0.4, 0.5) is 0 Å². The van der Waals surface area contributed by atoms with Gasteiger partial charge >= 0.3 is 0 Å². The van der Waals surface area contributed by atoms with E-state index in [1.54, 1.807) is 17.6 Å². The molecule has 0 saturated carbocycles. The lowest BCUT2D eigenvalue weighted by atomic mass is 10.2. The van der Waals surface area contributed by atoms with Crippen LogP contribution in [0.5, 0.6) is 0 Å². The van der Waals surface area contributed by atoms with E-state index in [4.69, 9.17) is 4.42 Å². The largest absolute Gasteiger partial charge is 0.468 e. The van der Waals surface area contributed by atoms with Crippen LogP contribution in [0.3, 0.4) is 0 Å². The van der Waals surface area contributed by atoms with Crippen molar-refractivity contribution in [3.8, 4) is 0 Å². The number of thiophene rings is 1. The summed E-state index contributed by atoms with van der Waals surface area (Å²) in [5, 5.41) is 7.86. The first-order valence-corrected chi connectivity index (χ1v) is 7.79. The van der Waals surface area contributed by atoms with Crippen molar-refractivity contribution in [3.05, 3.63) is 46.5 Å². The van der Waals surface area contributed by atoms with Gasteiger partial charge in [0.05, 0.1) is 12.8 Å². The maximum atomic E-state index is 5.38. The fraction of sp³-hybridized carbons (Fsp3) is 0.467. The zero-order valence-corrected chi connectivity index (χ0v) is 12.3. The van der Waals surface area contributed by atoms with Crippen LogP contribution in [-0.4, -0.2) is 31.1 Å². The minimum Gasteiger partial charge on any atom is -0.468 e. The Balaban J connectivity index is 1.58. The average molecular weight is 278 g/mol. The summed E-state index contributed by atoms with van der Waals surface area (Å²) in [5.74, 6) is 1.04. The van der Waals surface area contributed by atoms with Crippen LogP contribution in [0.1, 0.15) is 18.2 Å². The highest BCUT2D eigenvalue weighted by atomic mass is 32.1. The van der Waals surface area contributed by atoms with Gasteiger partial charge in [0.2, 0.25) is 0 Å². The SMILES string of the molecule is CCN(CCNCCc1ccsc1)Cc1ccco1. The van der Waals surface area contributed by atoms with Gasteiger partial charge in [-0.2, -0.15) is 11.3 Å². The summed E-state index contributed by atoms with van der Waals surface area (Å²) >= 11 is 1.77. The van der Waals surface area contributed by atoms with Crippen molar-refractivity contribution in [2.45, 2.75) is 19.9 Å². The van der Waals surface area contributed by atoms with Crippen LogP contribution in [0.25, 0.3) is 0 Å². The molecule has 0 bridgehead atoms. The van der Waals surface area contributed by atoms with Crippen LogP contribution in [0.2, 0.25) is 0 Å². The molecule has 2 aromatic rings. The molecule has 0 fully saturated rings. The van der Waals surface area contributed by atoms with Gasteiger partial charge in [-0.1, -0.05) is 6.92 Å². The molecule has 4 heteroatoms. The van der Waals surface area contributed by atoms with E-state index in [0.29, 0.717) is 0 Å². The molecule has 0 aliphatic carbocycles. The standard InChI is InChI=1S/C15H22N2OS/c1-2-17(12-15-4-3-10-18-15)9-8-16-7-5-14-6-11-19-13-14/h3-4,6,10-11,13,16H,2,5,7-9,12H2,1H3. The lowest BCUT2D eigenvalue weighted by Crippen LogP contribution is -2.32. The number of hydrogen-bond donors (Lipinski definition) is 1.